The van der Waals surface area contributed by atoms with E-state index >= 15 is 0 Å². The lowest BCUT2D eigenvalue weighted by Crippen LogP contribution is -2.07. The van der Waals surface area contributed by atoms with E-state index in [0.29, 0.717) is 6.67 Å². The third kappa shape index (κ3) is 0.903. The molecule has 0 spiro atoms. The van der Waals surface area contributed by atoms with Gasteiger partial charge in [-0.2, -0.15) is 0 Å². The van der Waals surface area contributed by atoms with Gasteiger partial charge in [0, 0.05) is 18.0 Å². The molecule has 2 rings (SSSR count). The van der Waals surface area contributed by atoms with Gasteiger partial charge < -0.3 is 4.42 Å². The van der Waals surface area contributed by atoms with Gasteiger partial charge in [-0.05, 0) is 6.07 Å². The largest absolute Gasteiger partial charge is 0.448 e. The summed E-state index contributed by atoms with van der Waals surface area (Å²) in [6.45, 7) is 0.693. The lowest BCUT2D eigenvalue weighted by atomic mass is 10.6. The van der Waals surface area contributed by atoms with Crippen LogP contribution in [0.1, 0.15) is 0 Å². The molecule has 1 aliphatic heterocycles. The topological polar surface area (TPSA) is 28.7 Å². The van der Waals surface area contributed by atoms with Gasteiger partial charge in [-0.15, -0.1) is 0 Å². The standard InChI is InChI=1S/C6H6N2OS/c1-2-6(9-3-1)8-4-7-5-10-8/h1-3,5H,4H2. The van der Waals surface area contributed by atoms with Crippen LogP contribution in [0.4, 0.5) is 5.88 Å². The predicted molar refractivity (Wildman–Crippen MR) is 42.1 cm³/mol. The summed E-state index contributed by atoms with van der Waals surface area (Å²) in [5.41, 5.74) is 1.81. The number of rotatable bonds is 1. The molecule has 3 nitrogen and oxygen atoms in total. The third-order valence-electron chi connectivity index (χ3n) is 1.21. The van der Waals surface area contributed by atoms with Gasteiger partial charge in [-0.1, -0.05) is 0 Å². The third-order valence-corrected chi connectivity index (χ3v) is 2.00. The van der Waals surface area contributed by atoms with Crippen LogP contribution >= 0.6 is 11.9 Å². The van der Waals surface area contributed by atoms with Crippen LogP contribution in [-0.2, 0) is 0 Å². The maximum atomic E-state index is 5.14. The molecule has 10 heavy (non-hydrogen) atoms. The summed E-state index contributed by atoms with van der Waals surface area (Å²) in [4.78, 5) is 4.02. The van der Waals surface area contributed by atoms with Crippen molar-refractivity contribution in [3.8, 4) is 0 Å². The molecule has 52 valence electrons. The first-order chi connectivity index (χ1) is 4.97. The van der Waals surface area contributed by atoms with Crippen molar-refractivity contribution in [3.63, 3.8) is 0 Å². The monoisotopic (exact) mass is 154 g/mol. The van der Waals surface area contributed by atoms with E-state index in [0.717, 1.165) is 5.88 Å². The summed E-state index contributed by atoms with van der Waals surface area (Å²) < 4.78 is 7.11. The van der Waals surface area contributed by atoms with Crippen LogP contribution in [-0.4, -0.2) is 12.2 Å². The van der Waals surface area contributed by atoms with Crippen LogP contribution in [0.3, 0.4) is 0 Å². The van der Waals surface area contributed by atoms with Crippen molar-refractivity contribution in [2.75, 3.05) is 11.0 Å². The van der Waals surface area contributed by atoms with E-state index in [2.05, 4.69) is 4.99 Å². The van der Waals surface area contributed by atoms with E-state index in [1.54, 1.807) is 18.2 Å². The number of aliphatic imine (C=N–C) groups is 1. The lowest BCUT2D eigenvalue weighted by Gasteiger charge is -2.08. The van der Waals surface area contributed by atoms with E-state index in [1.807, 2.05) is 22.0 Å². The molecule has 0 fully saturated rings. The van der Waals surface area contributed by atoms with Crippen molar-refractivity contribution < 1.29 is 4.42 Å². The number of furan rings is 1. The highest BCUT2D eigenvalue weighted by molar-refractivity contribution is 8.13. The molecule has 0 aromatic carbocycles. The van der Waals surface area contributed by atoms with Crippen LogP contribution in [0, 0.1) is 0 Å². The molecule has 1 aromatic heterocycles. The quantitative estimate of drug-likeness (QED) is 0.577. The van der Waals surface area contributed by atoms with Gasteiger partial charge in [-0.3, -0.25) is 9.30 Å². The lowest BCUT2D eigenvalue weighted by molar-refractivity contribution is 0.571. The molecule has 0 saturated heterocycles. The minimum absolute atomic E-state index is 0.693. The van der Waals surface area contributed by atoms with Gasteiger partial charge in [0.15, 0.2) is 0 Å². The summed E-state index contributed by atoms with van der Waals surface area (Å²) in [6, 6.07) is 3.79. The van der Waals surface area contributed by atoms with E-state index in [-0.39, 0.29) is 0 Å². The molecule has 4 heteroatoms. The van der Waals surface area contributed by atoms with E-state index in [9.17, 15) is 0 Å². The van der Waals surface area contributed by atoms with E-state index in [4.69, 9.17) is 4.42 Å². The molecule has 0 atom stereocenters. The molecule has 1 aromatic rings. The molecule has 1 aliphatic rings. The smallest absolute Gasteiger partial charge is 0.207 e. The Bertz CT molecular complexity index is 224. The van der Waals surface area contributed by atoms with E-state index in [1.165, 1.54) is 0 Å². The maximum absolute atomic E-state index is 5.14. The van der Waals surface area contributed by atoms with Gasteiger partial charge in [-0.25, -0.2) is 0 Å². The Morgan fingerprint density at radius 3 is 3.30 bits per heavy atom. The molecule has 0 unspecified atom stereocenters. The average molecular weight is 154 g/mol. The van der Waals surface area contributed by atoms with Gasteiger partial charge in [0.1, 0.15) is 6.67 Å². The van der Waals surface area contributed by atoms with Crippen molar-refractivity contribution >= 4 is 23.4 Å². The Morgan fingerprint density at radius 1 is 1.70 bits per heavy atom. The zero-order valence-electron chi connectivity index (χ0n) is 5.23. The summed E-state index contributed by atoms with van der Waals surface area (Å²) in [7, 11) is 0. The van der Waals surface area contributed by atoms with Crippen LogP contribution < -0.4 is 4.31 Å². The van der Waals surface area contributed by atoms with Crippen LogP contribution in [0.2, 0.25) is 0 Å². The number of hydrogen-bond acceptors (Lipinski definition) is 4. The summed E-state index contributed by atoms with van der Waals surface area (Å²) in [5, 5.41) is 0. The maximum Gasteiger partial charge on any atom is 0.207 e. The van der Waals surface area contributed by atoms with E-state index < -0.39 is 0 Å². The molecule has 0 radical (unpaired) electrons. The second-order valence-electron chi connectivity index (χ2n) is 1.86. The van der Waals surface area contributed by atoms with Crippen molar-refractivity contribution in [1.29, 1.82) is 0 Å². The summed E-state index contributed by atoms with van der Waals surface area (Å²) in [6.07, 6.45) is 1.66. The predicted octanol–water partition coefficient (Wildman–Crippen LogP) is 1.73. The zero-order valence-corrected chi connectivity index (χ0v) is 6.04. The van der Waals surface area contributed by atoms with Crippen LogP contribution in [0.25, 0.3) is 0 Å². The van der Waals surface area contributed by atoms with Gasteiger partial charge in [0.05, 0.1) is 11.8 Å². The molecule has 0 aliphatic carbocycles. The van der Waals surface area contributed by atoms with Crippen LogP contribution in [0.15, 0.2) is 27.8 Å². The molecule has 0 bridgehead atoms. The minimum Gasteiger partial charge on any atom is -0.448 e. The van der Waals surface area contributed by atoms with Crippen molar-refractivity contribution in [2.45, 2.75) is 0 Å². The number of anilines is 1. The van der Waals surface area contributed by atoms with Crippen molar-refractivity contribution in [1.82, 2.24) is 0 Å². The molecule has 0 N–H and O–H groups in total. The Kier molecular flexibility index (Phi) is 1.39. The Labute approximate surface area is 62.9 Å². The normalized spacial score (nSPS) is 16.6. The first-order valence-corrected chi connectivity index (χ1v) is 3.76. The highest BCUT2D eigenvalue weighted by Gasteiger charge is 2.10. The fourth-order valence-corrected chi connectivity index (χ4v) is 1.35. The first kappa shape index (κ1) is 5.85. The minimum atomic E-state index is 0.693. The Balaban J connectivity index is 2.14. The highest BCUT2D eigenvalue weighted by Crippen LogP contribution is 2.23. The molecular weight excluding hydrogens is 148 g/mol. The second kappa shape index (κ2) is 2.38. The van der Waals surface area contributed by atoms with Gasteiger partial charge >= 0.3 is 0 Å². The fourth-order valence-electron chi connectivity index (χ4n) is 0.764. The van der Waals surface area contributed by atoms with Crippen molar-refractivity contribution in [2.24, 2.45) is 4.99 Å². The summed E-state index contributed by atoms with van der Waals surface area (Å²) in [5.74, 6) is 0.863. The average Bonchev–Trinajstić information content (AvgIpc) is 2.59. The molecule has 0 amide bonds. The van der Waals surface area contributed by atoms with Gasteiger partial charge in [0.25, 0.3) is 0 Å². The highest BCUT2D eigenvalue weighted by atomic mass is 32.2. The van der Waals surface area contributed by atoms with Crippen molar-refractivity contribution in [3.05, 3.63) is 18.4 Å². The first-order valence-electron chi connectivity index (χ1n) is 2.93. The number of hydrogen-bond donors (Lipinski definition) is 0. The Morgan fingerprint density at radius 2 is 2.70 bits per heavy atom. The second-order valence-corrected chi connectivity index (χ2v) is 2.73. The molecular formula is C6H6N2OS. The van der Waals surface area contributed by atoms with Crippen LogP contribution in [0.5, 0.6) is 0 Å². The zero-order chi connectivity index (χ0) is 6.81. The fraction of sp³-hybridized carbons (Fsp3) is 0.167. The Hall–Kier alpha value is -0.900. The van der Waals surface area contributed by atoms with Gasteiger partial charge in [0.2, 0.25) is 5.88 Å². The molecule has 2 heterocycles. The molecule has 0 saturated carbocycles. The SMILES string of the molecule is C1=NCN(c2ccco2)S1. The number of nitrogens with zero attached hydrogens (tertiary/aromatic N) is 2. The summed E-state index contributed by atoms with van der Waals surface area (Å²) >= 11 is 1.55.